The van der Waals surface area contributed by atoms with Gasteiger partial charge in [0.1, 0.15) is 16.6 Å². The van der Waals surface area contributed by atoms with Gasteiger partial charge in [0.2, 0.25) is 0 Å². The zero-order valence-electron chi connectivity index (χ0n) is 19.0. The summed E-state index contributed by atoms with van der Waals surface area (Å²) in [5, 5.41) is 4.13. The molecule has 34 heavy (non-hydrogen) atoms. The van der Waals surface area contributed by atoms with E-state index in [1.165, 1.54) is 35.6 Å². The summed E-state index contributed by atoms with van der Waals surface area (Å²) in [4.78, 5) is 5.39. The minimum Gasteiger partial charge on any atom is -0.385 e. The molecule has 11 heteroatoms. The van der Waals surface area contributed by atoms with Crippen LogP contribution in [0, 0.1) is 18.6 Å². The van der Waals surface area contributed by atoms with Crippen molar-refractivity contribution in [2.75, 3.05) is 24.6 Å². The number of hydrogen-bond acceptors (Lipinski definition) is 6. The van der Waals surface area contributed by atoms with Crippen LogP contribution in [0.1, 0.15) is 35.0 Å². The molecule has 0 fully saturated rings. The summed E-state index contributed by atoms with van der Waals surface area (Å²) in [6.45, 7) is 5.39. The van der Waals surface area contributed by atoms with Crippen molar-refractivity contribution in [1.82, 2.24) is 10.3 Å². The Morgan fingerprint density at radius 1 is 1.21 bits per heavy atom. The molecule has 1 atom stereocenters. The number of nitrogens with zero attached hydrogens (tertiary/aromatic N) is 2. The lowest BCUT2D eigenvalue weighted by Gasteiger charge is -2.29. The highest BCUT2D eigenvalue weighted by atomic mass is 35.5. The monoisotopic (exact) mass is 529 g/mol. The minimum atomic E-state index is -4.28. The highest BCUT2D eigenvalue weighted by Gasteiger charge is 2.34. The van der Waals surface area contributed by atoms with Gasteiger partial charge < -0.3 is 10.1 Å². The van der Waals surface area contributed by atoms with Crippen molar-refractivity contribution in [2.24, 2.45) is 0 Å². The maximum atomic E-state index is 14.8. The predicted octanol–water partition coefficient (Wildman–Crippen LogP) is 5.47. The summed E-state index contributed by atoms with van der Waals surface area (Å²) in [5.74, 6) is -1.62. The molecule has 1 heterocycles. The summed E-state index contributed by atoms with van der Waals surface area (Å²) in [6, 6.07) is 7.34. The zero-order valence-corrected chi connectivity index (χ0v) is 21.4. The van der Waals surface area contributed by atoms with Gasteiger partial charge in [0, 0.05) is 36.2 Å². The molecule has 1 unspecified atom stereocenters. The first-order valence-electron chi connectivity index (χ1n) is 10.6. The highest BCUT2D eigenvalue weighted by Crippen LogP contribution is 2.37. The average molecular weight is 530 g/mol. The minimum absolute atomic E-state index is 0.0966. The smallest absolute Gasteiger partial charge is 0.265 e. The van der Waals surface area contributed by atoms with Gasteiger partial charge in [-0.25, -0.2) is 22.2 Å². The Bertz CT molecular complexity index is 1220. The van der Waals surface area contributed by atoms with Crippen LogP contribution in [-0.2, 0) is 21.3 Å². The third-order valence-corrected chi connectivity index (χ3v) is 8.60. The van der Waals surface area contributed by atoms with Gasteiger partial charge in [0.05, 0.1) is 22.3 Å². The van der Waals surface area contributed by atoms with E-state index in [2.05, 4.69) is 10.3 Å². The van der Waals surface area contributed by atoms with Gasteiger partial charge in [-0.15, -0.1) is 11.3 Å². The molecule has 3 rings (SSSR count). The lowest BCUT2D eigenvalue weighted by atomic mass is 10.2. The Labute approximate surface area is 207 Å². The van der Waals surface area contributed by atoms with E-state index in [-0.39, 0.29) is 4.90 Å². The summed E-state index contributed by atoms with van der Waals surface area (Å²) in [6.07, 6.45) is 0.851. The number of ether oxygens (including phenoxy) is 1. The lowest BCUT2D eigenvalue weighted by Crippen LogP contribution is -2.34. The van der Waals surface area contributed by atoms with E-state index in [4.69, 9.17) is 16.3 Å². The molecule has 0 saturated carbocycles. The van der Waals surface area contributed by atoms with E-state index in [1.54, 1.807) is 14.0 Å². The molecular formula is C23H26ClF2N3O3S2. The van der Waals surface area contributed by atoms with Gasteiger partial charge in [0.15, 0.2) is 0 Å². The number of rotatable bonds is 11. The van der Waals surface area contributed by atoms with Gasteiger partial charge in [0.25, 0.3) is 10.0 Å². The molecule has 0 aliphatic rings. The number of hydrogen-bond donors (Lipinski definition) is 1. The first kappa shape index (κ1) is 26.5. The van der Waals surface area contributed by atoms with Crippen molar-refractivity contribution in [3.8, 4) is 0 Å². The molecule has 0 saturated heterocycles. The lowest BCUT2D eigenvalue weighted by molar-refractivity contribution is 0.194. The number of anilines is 1. The van der Waals surface area contributed by atoms with Crippen LogP contribution in [0.4, 0.5) is 14.5 Å². The summed E-state index contributed by atoms with van der Waals surface area (Å²) < 4.78 is 62.1. The summed E-state index contributed by atoms with van der Waals surface area (Å²) in [7, 11) is -2.64. The van der Waals surface area contributed by atoms with E-state index < -0.39 is 33.4 Å². The number of benzene rings is 2. The molecular weight excluding hydrogens is 504 g/mol. The van der Waals surface area contributed by atoms with E-state index in [0.717, 1.165) is 46.0 Å². The molecule has 6 nitrogen and oxygen atoms in total. The topological polar surface area (TPSA) is 71.5 Å². The van der Waals surface area contributed by atoms with Gasteiger partial charge >= 0.3 is 0 Å². The van der Waals surface area contributed by atoms with Gasteiger partial charge in [-0.1, -0.05) is 11.6 Å². The van der Waals surface area contributed by atoms with Gasteiger partial charge in [-0.3, -0.25) is 4.31 Å². The number of nitrogens with one attached hydrogen (secondary N) is 1. The van der Waals surface area contributed by atoms with Crippen LogP contribution in [0.15, 0.2) is 47.4 Å². The Morgan fingerprint density at radius 2 is 1.91 bits per heavy atom. The Hall–Kier alpha value is -2.11. The fourth-order valence-electron chi connectivity index (χ4n) is 3.36. The maximum absolute atomic E-state index is 14.8. The normalized spacial score (nSPS) is 12.6. The van der Waals surface area contributed by atoms with E-state index in [1.807, 2.05) is 6.92 Å². The molecule has 0 radical (unpaired) electrons. The quantitative estimate of drug-likeness (QED) is 0.334. The van der Waals surface area contributed by atoms with Crippen LogP contribution >= 0.6 is 22.9 Å². The third kappa shape index (κ3) is 6.11. The Kier molecular flexibility index (Phi) is 9.00. The molecule has 0 amide bonds. The molecule has 0 bridgehead atoms. The number of sulfonamides is 1. The predicted molar refractivity (Wildman–Crippen MR) is 131 cm³/mol. The number of methoxy groups -OCH3 is 1. The van der Waals surface area contributed by atoms with E-state index in [0.29, 0.717) is 23.2 Å². The largest absolute Gasteiger partial charge is 0.385 e. The van der Waals surface area contributed by atoms with Crippen LogP contribution in [-0.4, -0.2) is 33.7 Å². The molecule has 0 aliphatic carbocycles. The molecule has 1 N–H and O–H groups in total. The van der Waals surface area contributed by atoms with Crippen LogP contribution in [0.3, 0.4) is 0 Å². The summed E-state index contributed by atoms with van der Waals surface area (Å²) >= 11 is 7.24. The number of aromatic nitrogens is 1. The number of thiazole rings is 1. The fraction of sp³-hybridized carbons (Fsp3) is 0.348. The van der Waals surface area contributed by atoms with E-state index >= 15 is 0 Å². The maximum Gasteiger partial charge on any atom is 0.265 e. The highest BCUT2D eigenvalue weighted by molar-refractivity contribution is 7.92. The third-order valence-electron chi connectivity index (χ3n) is 5.12. The second-order valence-corrected chi connectivity index (χ2v) is 11.0. The average Bonchev–Trinajstić information content (AvgIpc) is 3.17. The fourth-order valence-corrected chi connectivity index (χ4v) is 6.25. The van der Waals surface area contributed by atoms with Crippen LogP contribution in [0.2, 0.25) is 5.02 Å². The molecule has 1 aromatic heterocycles. The zero-order chi connectivity index (χ0) is 24.9. The van der Waals surface area contributed by atoms with Gasteiger partial charge in [-0.05, 0) is 63.2 Å². The van der Waals surface area contributed by atoms with Crippen molar-refractivity contribution in [3.05, 3.63) is 74.7 Å². The van der Waals surface area contributed by atoms with Crippen LogP contribution in [0.5, 0.6) is 0 Å². The van der Waals surface area contributed by atoms with Crippen molar-refractivity contribution < 1.29 is 21.9 Å². The van der Waals surface area contributed by atoms with E-state index in [9.17, 15) is 17.2 Å². The van der Waals surface area contributed by atoms with Gasteiger partial charge in [-0.2, -0.15) is 0 Å². The van der Waals surface area contributed by atoms with Crippen molar-refractivity contribution in [3.63, 3.8) is 0 Å². The number of aryl methyl sites for hydroxylation is 1. The van der Waals surface area contributed by atoms with Crippen molar-refractivity contribution >= 4 is 38.6 Å². The Morgan fingerprint density at radius 3 is 2.59 bits per heavy atom. The second kappa shape index (κ2) is 11.5. The molecule has 184 valence electrons. The molecule has 2 aromatic carbocycles. The first-order valence-corrected chi connectivity index (χ1v) is 13.2. The Balaban J connectivity index is 1.99. The van der Waals surface area contributed by atoms with Crippen LogP contribution in [0.25, 0.3) is 0 Å². The first-order chi connectivity index (χ1) is 16.1. The molecule has 0 spiro atoms. The number of halogens is 3. The summed E-state index contributed by atoms with van der Waals surface area (Å²) in [5.41, 5.74) is 0.351. The standard InChI is InChI=1S/C23H26ClF2N3O3S2/c1-15-22(14-27-11-4-12-32-3)33-23(28-15)16(2)29(21-13-18(25)7-10-20(21)26)34(30,31)19-8-5-17(24)6-9-19/h5-10,13,16,27H,4,11-12,14H2,1-3H3. The second-order valence-electron chi connectivity index (χ2n) is 7.61. The van der Waals surface area contributed by atoms with Crippen LogP contribution < -0.4 is 9.62 Å². The molecule has 0 aliphatic heterocycles. The SMILES string of the molecule is COCCCNCc1sc(C(C)N(c2cc(F)ccc2F)S(=O)(=O)c2ccc(Cl)cc2)nc1C. The van der Waals surface area contributed by atoms with Crippen molar-refractivity contribution in [1.29, 1.82) is 0 Å². The molecule has 3 aromatic rings. The van der Waals surface area contributed by atoms with Crippen molar-refractivity contribution in [2.45, 2.75) is 37.8 Å².